The van der Waals surface area contributed by atoms with Crippen LogP contribution >= 0.6 is 0 Å². The topological polar surface area (TPSA) is 86.9 Å². The van der Waals surface area contributed by atoms with Crippen LogP contribution in [0.4, 0.5) is 0 Å². The number of nitrogens with zero attached hydrogens (tertiary/aromatic N) is 1. The summed E-state index contributed by atoms with van der Waals surface area (Å²) >= 11 is 0. The van der Waals surface area contributed by atoms with Crippen LogP contribution in [-0.4, -0.2) is 22.0 Å². The van der Waals surface area contributed by atoms with E-state index in [1.165, 1.54) is 0 Å². The first-order valence-electron chi connectivity index (χ1n) is 5.75. The molecule has 0 aliphatic heterocycles. The lowest BCUT2D eigenvalue weighted by Gasteiger charge is -2.06. The van der Waals surface area contributed by atoms with Crippen molar-refractivity contribution in [2.24, 2.45) is 0 Å². The molecule has 0 saturated carbocycles. The fraction of sp³-hybridized carbons (Fsp3) is 0.154. The normalized spacial score (nSPS) is 10.0. The largest absolute Gasteiger partial charge is 0.290 e. The molecule has 2 rings (SSSR count). The number of benzene rings is 1. The van der Waals surface area contributed by atoms with E-state index in [1.54, 1.807) is 31.2 Å². The number of H-pyrrole nitrogens is 1. The van der Waals surface area contributed by atoms with E-state index in [0.29, 0.717) is 5.56 Å². The van der Waals surface area contributed by atoms with Crippen molar-refractivity contribution in [3.05, 3.63) is 52.8 Å². The van der Waals surface area contributed by atoms with Crippen molar-refractivity contribution in [1.29, 1.82) is 0 Å². The van der Waals surface area contributed by atoms with Crippen LogP contribution in [0.5, 0.6) is 0 Å². The molecule has 2 amide bonds. The second kappa shape index (κ2) is 5.34. The summed E-state index contributed by atoms with van der Waals surface area (Å²) in [5.41, 5.74) is 7.11. The Hall–Kier alpha value is -2.63. The van der Waals surface area contributed by atoms with Gasteiger partial charge >= 0.3 is 0 Å². The summed E-state index contributed by atoms with van der Waals surface area (Å²) in [4.78, 5) is 23.4. The molecule has 0 aliphatic rings. The van der Waals surface area contributed by atoms with Crippen LogP contribution in [0.2, 0.25) is 0 Å². The maximum Gasteiger partial charge on any atom is 0.290 e. The Kier molecular flexibility index (Phi) is 3.61. The highest BCUT2D eigenvalue weighted by Crippen LogP contribution is 2.03. The molecule has 0 fully saturated rings. The molecule has 0 radical (unpaired) electrons. The summed E-state index contributed by atoms with van der Waals surface area (Å²) < 4.78 is 0. The number of amides is 2. The van der Waals surface area contributed by atoms with Crippen molar-refractivity contribution >= 4 is 11.8 Å². The number of carbonyl (C=O) groups is 2. The molecule has 1 heterocycles. The first kappa shape index (κ1) is 12.8. The molecule has 2 aromatic rings. The van der Waals surface area contributed by atoms with Crippen molar-refractivity contribution in [1.82, 2.24) is 21.0 Å². The van der Waals surface area contributed by atoms with Gasteiger partial charge < -0.3 is 0 Å². The number of aromatic nitrogens is 2. The zero-order chi connectivity index (χ0) is 13.8. The molecular formula is C13H14N4O2. The van der Waals surface area contributed by atoms with Gasteiger partial charge in [-0.3, -0.25) is 25.5 Å². The summed E-state index contributed by atoms with van der Waals surface area (Å²) in [6.07, 6.45) is 0. The number of carbonyl (C=O) groups excluding carboxylic acids is 2. The van der Waals surface area contributed by atoms with Gasteiger partial charge in [0.15, 0.2) is 5.69 Å². The van der Waals surface area contributed by atoms with Crippen molar-refractivity contribution < 1.29 is 9.59 Å². The third kappa shape index (κ3) is 3.19. The Bertz CT molecular complexity index is 619. The van der Waals surface area contributed by atoms with Crippen molar-refractivity contribution in [3.8, 4) is 0 Å². The smallest absolute Gasteiger partial charge is 0.282 e. The highest BCUT2D eigenvalue weighted by Gasteiger charge is 2.11. The van der Waals surface area contributed by atoms with Gasteiger partial charge in [-0.1, -0.05) is 17.7 Å². The molecule has 0 spiro atoms. The number of rotatable bonds is 2. The summed E-state index contributed by atoms with van der Waals surface area (Å²) in [6.45, 7) is 3.68. The summed E-state index contributed by atoms with van der Waals surface area (Å²) in [5, 5.41) is 6.44. The van der Waals surface area contributed by atoms with Crippen LogP contribution in [-0.2, 0) is 0 Å². The number of hydrogen-bond acceptors (Lipinski definition) is 3. The molecule has 6 heteroatoms. The van der Waals surface area contributed by atoms with Crippen LogP contribution < -0.4 is 10.9 Å². The van der Waals surface area contributed by atoms with E-state index in [1.807, 2.05) is 13.0 Å². The molecule has 0 atom stereocenters. The van der Waals surface area contributed by atoms with E-state index < -0.39 is 5.91 Å². The van der Waals surface area contributed by atoms with Crippen molar-refractivity contribution in [2.45, 2.75) is 13.8 Å². The molecule has 0 saturated heterocycles. The first-order chi connectivity index (χ1) is 9.06. The monoisotopic (exact) mass is 258 g/mol. The van der Waals surface area contributed by atoms with Crippen LogP contribution in [0.3, 0.4) is 0 Å². The molecule has 19 heavy (non-hydrogen) atoms. The number of aryl methyl sites for hydroxylation is 2. The number of hydrogen-bond donors (Lipinski definition) is 3. The lowest BCUT2D eigenvalue weighted by atomic mass is 10.1. The zero-order valence-electron chi connectivity index (χ0n) is 10.7. The van der Waals surface area contributed by atoms with E-state index in [0.717, 1.165) is 11.3 Å². The maximum atomic E-state index is 11.8. The predicted octanol–water partition coefficient (Wildman–Crippen LogP) is 1.10. The molecule has 3 N–H and O–H groups in total. The number of nitrogens with one attached hydrogen (secondary N) is 3. The van der Waals surface area contributed by atoms with Gasteiger partial charge in [0.25, 0.3) is 11.8 Å². The van der Waals surface area contributed by atoms with Gasteiger partial charge in [-0.25, -0.2) is 0 Å². The van der Waals surface area contributed by atoms with E-state index in [-0.39, 0.29) is 11.6 Å². The highest BCUT2D eigenvalue weighted by molar-refractivity contribution is 5.98. The Morgan fingerprint density at radius 1 is 1.11 bits per heavy atom. The van der Waals surface area contributed by atoms with Gasteiger partial charge in [-0.15, -0.1) is 0 Å². The lowest BCUT2D eigenvalue weighted by Crippen LogP contribution is -2.41. The predicted molar refractivity (Wildman–Crippen MR) is 69.4 cm³/mol. The van der Waals surface area contributed by atoms with Crippen LogP contribution in [0, 0.1) is 13.8 Å². The van der Waals surface area contributed by atoms with Gasteiger partial charge in [-0.05, 0) is 32.0 Å². The van der Waals surface area contributed by atoms with E-state index in [9.17, 15) is 9.59 Å². The Morgan fingerprint density at radius 2 is 1.84 bits per heavy atom. The quantitative estimate of drug-likeness (QED) is 0.705. The molecular weight excluding hydrogens is 244 g/mol. The zero-order valence-corrected chi connectivity index (χ0v) is 10.7. The van der Waals surface area contributed by atoms with Crippen LogP contribution in [0.1, 0.15) is 32.1 Å². The van der Waals surface area contributed by atoms with E-state index in [4.69, 9.17) is 0 Å². The number of aromatic amines is 1. The molecule has 6 nitrogen and oxygen atoms in total. The Balaban J connectivity index is 1.95. The Morgan fingerprint density at radius 3 is 2.47 bits per heavy atom. The van der Waals surface area contributed by atoms with Crippen LogP contribution in [0.15, 0.2) is 30.3 Å². The third-order valence-electron chi connectivity index (χ3n) is 2.51. The van der Waals surface area contributed by atoms with Gasteiger partial charge in [-0.2, -0.15) is 5.10 Å². The maximum absolute atomic E-state index is 11.8. The van der Waals surface area contributed by atoms with Gasteiger partial charge in [0, 0.05) is 11.3 Å². The lowest BCUT2D eigenvalue weighted by molar-refractivity contribution is 0.0844. The summed E-state index contributed by atoms with van der Waals surface area (Å²) in [5.74, 6) is -0.838. The molecule has 0 bridgehead atoms. The molecule has 1 aromatic carbocycles. The molecule has 0 unspecified atom stereocenters. The summed E-state index contributed by atoms with van der Waals surface area (Å²) in [7, 11) is 0. The van der Waals surface area contributed by atoms with E-state index in [2.05, 4.69) is 21.0 Å². The second-order valence-electron chi connectivity index (χ2n) is 4.21. The van der Waals surface area contributed by atoms with Gasteiger partial charge in [0.05, 0.1) is 0 Å². The second-order valence-corrected chi connectivity index (χ2v) is 4.21. The van der Waals surface area contributed by atoms with Crippen molar-refractivity contribution in [2.75, 3.05) is 0 Å². The highest BCUT2D eigenvalue weighted by atomic mass is 16.2. The molecule has 0 aliphatic carbocycles. The first-order valence-corrected chi connectivity index (χ1v) is 5.75. The fourth-order valence-corrected chi connectivity index (χ4v) is 1.57. The average molecular weight is 258 g/mol. The standard InChI is InChI=1S/C13H14N4O2/c1-8-4-3-5-10(6-8)12(18)16-17-13(19)11-7-9(2)14-15-11/h3-7H,1-2H3,(H,14,15)(H,16,18)(H,17,19). The number of hydrazine groups is 1. The van der Waals surface area contributed by atoms with Gasteiger partial charge in [0.2, 0.25) is 0 Å². The molecule has 1 aromatic heterocycles. The minimum Gasteiger partial charge on any atom is -0.282 e. The van der Waals surface area contributed by atoms with Crippen molar-refractivity contribution in [3.63, 3.8) is 0 Å². The van der Waals surface area contributed by atoms with Crippen LogP contribution in [0.25, 0.3) is 0 Å². The minimum absolute atomic E-state index is 0.224. The minimum atomic E-state index is -0.467. The SMILES string of the molecule is Cc1cccc(C(=O)NNC(=O)c2cc(C)[nH]n2)c1. The van der Waals surface area contributed by atoms with E-state index >= 15 is 0 Å². The summed E-state index contributed by atoms with van der Waals surface area (Å²) in [6, 6.07) is 8.67. The van der Waals surface area contributed by atoms with Gasteiger partial charge in [0.1, 0.15) is 0 Å². The molecule has 98 valence electrons. The third-order valence-corrected chi connectivity index (χ3v) is 2.51. The Labute approximate surface area is 110 Å². The fourth-order valence-electron chi connectivity index (χ4n) is 1.57. The average Bonchev–Trinajstić information content (AvgIpc) is 2.82.